The van der Waals surface area contributed by atoms with Crippen LogP contribution in [0.4, 0.5) is 0 Å². The van der Waals surface area contributed by atoms with Gasteiger partial charge in [0.15, 0.2) is 0 Å². The highest BCUT2D eigenvalue weighted by atomic mass is 16.1. The SMILES string of the molecule is Cc1cccc(-c2nc3ccccn3c2-c2ccnc(C(N)=O)n2)n1. The van der Waals surface area contributed by atoms with Gasteiger partial charge in [-0.1, -0.05) is 12.1 Å². The van der Waals surface area contributed by atoms with Crippen LogP contribution < -0.4 is 5.73 Å². The van der Waals surface area contributed by atoms with Crippen molar-refractivity contribution in [3.63, 3.8) is 0 Å². The third kappa shape index (κ3) is 2.61. The first-order valence-electron chi connectivity index (χ1n) is 7.68. The van der Waals surface area contributed by atoms with Gasteiger partial charge in [-0.25, -0.2) is 15.0 Å². The van der Waals surface area contributed by atoms with E-state index in [0.717, 1.165) is 22.7 Å². The summed E-state index contributed by atoms with van der Waals surface area (Å²) in [5.41, 5.74) is 9.68. The van der Waals surface area contributed by atoms with Gasteiger partial charge in [-0.2, -0.15) is 0 Å². The Kier molecular flexibility index (Phi) is 3.46. The molecule has 0 fully saturated rings. The van der Waals surface area contributed by atoms with E-state index >= 15 is 0 Å². The minimum Gasteiger partial charge on any atom is -0.363 e. The molecule has 2 N–H and O–H groups in total. The predicted octanol–water partition coefficient (Wildman–Crippen LogP) is 2.26. The minimum absolute atomic E-state index is 0.0356. The van der Waals surface area contributed by atoms with Crippen LogP contribution in [0.15, 0.2) is 54.9 Å². The number of carbonyl (C=O) groups excluding carboxylic acids is 1. The molecule has 4 aromatic heterocycles. The zero-order valence-corrected chi connectivity index (χ0v) is 13.4. The van der Waals surface area contributed by atoms with Crippen LogP contribution in [0.5, 0.6) is 0 Å². The third-order valence-corrected chi connectivity index (χ3v) is 3.78. The molecule has 0 saturated heterocycles. The van der Waals surface area contributed by atoms with Crippen molar-refractivity contribution in [2.24, 2.45) is 5.73 Å². The Morgan fingerprint density at radius 2 is 1.88 bits per heavy atom. The summed E-state index contributed by atoms with van der Waals surface area (Å²) in [4.78, 5) is 28.9. The highest BCUT2D eigenvalue weighted by molar-refractivity contribution is 5.89. The van der Waals surface area contributed by atoms with Gasteiger partial charge in [0.25, 0.3) is 5.91 Å². The van der Waals surface area contributed by atoms with Crippen LogP contribution in [-0.2, 0) is 0 Å². The Hall–Kier alpha value is -3.61. The lowest BCUT2D eigenvalue weighted by molar-refractivity contribution is 0.0990. The number of hydrogen-bond acceptors (Lipinski definition) is 5. The smallest absolute Gasteiger partial charge is 0.286 e. The molecule has 0 atom stereocenters. The van der Waals surface area contributed by atoms with Crippen molar-refractivity contribution in [1.82, 2.24) is 24.3 Å². The predicted molar refractivity (Wildman–Crippen MR) is 92.7 cm³/mol. The lowest BCUT2D eigenvalue weighted by Gasteiger charge is -2.06. The number of aryl methyl sites for hydroxylation is 1. The van der Waals surface area contributed by atoms with Gasteiger partial charge in [0.1, 0.15) is 17.0 Å². The summed E-state index contributed by atoms with van der Waals surface area (Å²) in [6, 6.07) is 13.2. The summed E-state index contributed by atoms with van der Waals surface area (Å²) in [6.07, 6.45) is 3.40. The third-order valence-electron chi connectivity index (χ3n) is 3.78. The van der Waals surface area contributed by atoms with Gasteiger partial charge in [0.2, 0.25) is 5.82 Å². The van der Waals surface area contributed by atoms with Crippen LogP contribution in [0.1, 0.15) is 16.3 Å². The lowest BCUT2D eigenvalue weighted by Crippen LogP contribution is -2.15. The first-order chi connectivity index (χ1) is 12.1. The Morgan fingerprint density at radius 1 is 1.00 bits per heavy atom. The lowest BCUT2D eigenvalue weighted by atomic mass is 10.1. The molecule has 0 aliphatic rings. The second-order valence-electron chi connectivity index (χ2n) is 5.53. The number of pyridine rings is 2. The molecule has 7 heteroatoms. The van der Waals surface area contributed by atoms with Crippen molar-refractivity contribution in [3.8, 4) is 22.8 Å². The molecule has 0 aliphatic heterocycles. The van der Waals surface area contributed by atoms with E-state index in [4.69, 9.17) is 10.7 Å². The maximum Gasteiger partial charge on any atom is 0.286 e. The van der Waals surface area contributed by atoms with Crippen molar-refractivity contribution in [1.29, 1.82) is 0 Å². The standard InChI is InChI=1S/C18H14N6O/c1-11-5-4-6-12(21-11)15-16(24-10-3-2-7-14(24)23-15)13-8-9-20-18(22-13)17(19)25/h2-10H,1H3,(H2,19,25). The minimum atomic E-state index is -0.675. The van der Waals surface area contributed by atoms with Gasteiger partial charge in [0.05, 0.1) is 11.4 Å². The van der Waals surface area contributed by atoms with Gasteiger partial charge >= 0.3 is 0 Å². The van der Waals surface area contributed by atoms with Crippen molar-refractivity contribution in [3.05, 3.63) is 66.4 Å². The second-order valence-corrected chi connectivity index (χ2v) is 5.53. The maximum atomic E-state index is 11.4. The van der Waals surface area contributed by atoms with E-state index in [-0.39, 0.29) is 5.82 Å². The van der Waals surface area contributed by atoms with Crippen LogP contribution in [0.3, 0.4) is 0 Å². The highest BCUT2D eigenvalue weighted by Gasteiger charge is 2.19. The molecule has 4 rings (SSSR count). The van der Waals surface area contributed by atoms with Crippen molar-refractivity contribution < 1.29 is 4.79 Å². The molecule has 25 heavy (non-hydrogen) atoms. The summed E-state index contributed by atoms with van der Waals surface area (Å²) in [5, 5.41) is 0. The number of aromatic nitrogens is 5. The monoisotopic (exact) mass is 330 g/mol. The number of carbonyl (C=O) groups is 1. The Labute approximate surface area is 143 Å². The molecule has 0 unspecified atom stereocenters. The fourth-order valence-corrected chi connectivity index (χ4v) is 2.70. The molecule has 0 aliphatic carbocycles. The Bertz CT molecular complexity index is 1100. The van der Waals surface area contributed by atoms with E-state index in [1.807, 2.05) is 53.9 Å². The number of fused-ring (bicyclic) bond motifs is 1. The van der Waals surface area contributed by atoms with Crippen molar-refractivity contribution in [2.45, 2.75) is 6.92 Å². The largest absolute Gasteiger partial charge is 0.363 e. The molecule has 0 spiro atoms. The van der Waals surface area contributed by atoms with Crippen LogP contribution in [-0.4, -0.2) is 30.2 Å². The maximum absolute atomic E-state index is 11.4. The summed E-state index contributed by atoms with van der Waals surface area (Å²) in [7, 11) is 0. The molecule has 0 aromatic carbocycles. The van der Waals surface area contributed by atoms with Crippen LogP contribution in [0.2, 0.25) is 0 Å². The first-order valence-corrected chi connectivity index (χ1v) is 7.68. The van der Waals surface area contributed by atoms with Crippen molar-refractivity contribution in [2.75, 3.05) is 0 Å². The number of nitrogens with zero attached hydrogens (tertiary/aromatic N) is 5. The summed E-state index contributed by atoms with van der Waals surface area (Å²) in [6.45, 7) is 1.93. The van der Waals surface area contributed by atoms with Crippen LogP contribution in [0, 0.1) is 6.92 Å². The van der Waals surface area contributed by atoms with Gasteiger partial charge in [-0.05, 0) is 37.3 Å². The molecule has 122 valence electrons. The van der Waals surface area contributed by atoms with Crippen LogP contribution in [0.25, 0.3) is 28.4 Å². The van der Waals surface area contributed by atoms with Crippen LogP contribution >= 0.6 is 0 Å². The Morgan fingerprint density at radius 3 is 2.68 bits per heavy atom. The topological polar surface area (TPSA) is 99.1 Å². The summed E-state index contributed by atoms with van der Waals surface area (Å²) < 4.78 is 1.91. The quantitative estimate of drug-likeness (QED) is 0.621. The van der Waals surface area contributed by atoms with Gasteiger partial charge in [0, 0.05) is 18.1 Å². The average Bonchev–Trinajstić information content (AvgIpc) is 3.01. The van der Waals surface area contributed by atoms with Gasteiger partial charge in [-0.3, -0.25) is 14.2 Å². The van der Waals surface area contributed by atoms with Gasteiger partial charge in [-0.15, -0.1) is 0 Å². The molecule has 0 saturated carbocycles. The zero-order chi connectivity index (χ0) is 17.4. The average molecular weight is 330 g/mol. The fraction of sp³-hybridized carbons (Fsp3) is 0.0556. The number of nitrogens with two attached hydrogens (primary N) is 1. The summed E-state index contributed by atoms with van der Waals surface area (Å²) >= 11 is 0. The molecule has 0 radical (unpaired) electrons. The highest BCUT2D eigenvalue weighted by Crippen LogP contribution is 2.30. The van der Waals surface area contributed by atoms with E-state index in [9.17, 15) is 4.79 Å². The van der Waals surface area contributed by atoms with E-state index < -0.39 is 5.91 Å². The number of hydrogen-bond donors (Lipinski definition) is 1. The number of primary amides is 1. The normalized spacial score (nSPS) is 10.9. The van der Waals surface area contributed by atoms with E-state index in [2.05, 4.69) is 15.0 Å². The molecule has 1 amide bonds. The zero-order valence-electron chi connectivity index (χ0n) is 13.4. The Balaban J connectivity index is 2.03. The van der Waals surface area contributed by atoms with E-state index in [1.165, 1.54) is 6.20 Å². The van der Waals surface area contributed by atoms with E-state index in [0.29, 0.717) is 11.4 Å². The first kappa shape index (κ1) is 14.9. The summed E-state index contributed by atoms with van der Waals surface area (Å²) in [5.74, 6) is -0.711. The molecule has 4 aromatic rings. The molecule has 0 bridgehead atoms. The van der Waals surface area contributed by atoms with Gasteiger partial charge < -0.3 is 5.73 Å². The number of rotatable bonds is 3. The molecule has 4 heterocycles. The van der Waals surface area contributed by atoms with Crippen molar-refractivity contribution >= 4 is 11.6 Å². The second kappa shape index (κ2) is 5.79. The number of imidazole rings is 1. The fourth-order valence-electron chi connectivity index (χ4n) is 2.70. The molecular weight excluding hydrogens is 316 g/mol. The number of amides is 1. The van der Waals surface area contributed by atoms with E-state index in [1.54, 1.807) is 6.07 Å². The molecular formula is C18H14N6O. The molecule has 7 nitrogen and oxygen atoms in total.